The van der Waals surface area contributed by atoms with Crippen molar-refractivity contribution in [2.45, 2.75) is 18.9 Å². The van der Waals surface area contributed by atoms with E-state index in [0.29, 0.717) is 18.6 Å². The van der Waals surface area contributed by atoms with Crippen LogP contribution >= 0.6 is 0 Å². The van der Waals surface area contributed by atoms with Gasteiger partial charge in [-0.15, -0.1) is 0 Å². The number of nitrogens with zero attached hydrogens (tertiary/aromatic N) is 2. The standard InChI is InChI=1S/C17H16N2O2/c20-17-15-6-5-12-3-1-2-4-14(12)16(15)18-11-19(17)13-7-9-21-10-8-13/h1-6,11,13H,7-10H2. The predicted molar refractivity (Wildman–Crippen MR) is 82.6 cm³/mol. The summed E-state index contributed by atoms with van der Waals surface area (Å²) in [7, 11) is 0. The lowest BCUT2D eigenvalue weighted by atomic mass is 10.1. The molecule has 1 saturated heterocycles. The topological polar surface area (TPSA) is 44.1 Å². The lowest BCUT2D eigenvalue weighted by molar-refractivity contribution is 0.0685. The maximum atomic E-state index is 12.8. The third-order valence-corrected chi connectivity index (χ3v) is 4.26. The van der Waals surface area contributed by atoms with Crippen molar-refractivity contribution in [3.8, 4) is 0 Å². The van der Waals surface area contributed by atoms with E-state index in [0.717, 1.165) is 29.1 Å². The molecule has 0 saturated carbocycles. The molecule has 1 aromatic heterocycles. The first-order valence-corrected chi connectivity index (χ1v) is 7.31. The zero-order chi connectivity index (χ0) is 14.2. The summed E-state index contributed by atoms with van der Waals surface area (Å²) < 4.78 is 7.15. The van der Waals surface area contributed by atoms with Crippen molar-refractivity contribution in [2.24, 2.45) is 0 Å². The Kier molecular flexibility index (Phi) is 2.97. The number of aromatic nitrogens is 2. The van der Waals surface area contributed by atoms with Crippen LogP contribution in [0.2, 0.25) is 0 Å². The Balaban J connectivity index is 1.95. The molecule has 21 heavy (non-hydrogen) atoms. The van der Waals surface area contributed by atoms with E-state index in [-0.39, 0.29) is 11.6 Å². The summed E-state index contributed by atoms with van der Waals surface area (Å²) in [6.07, 6.45) is 3.45. The maximum Gasteiger partial charge on any atom is 0.261 e. The van der Waals surface area contributed by atoms with Crippen molar-refractivity contribution in [3.63, 3.8) is 0 Å². The van der Waals surface area contributed by atoms with Crippen LogP contribution in [0.5, 0.6) is 0 Å². The van der Waals surface area contributed by atoms with Crippen molar-refractivity contribution in [1.82, 2.24) is 9.55 Å². The number of hydrogen-bond acceptors (Lipinski definition) is 3. The second-order valence-corrected chi connectivity index (χ2v) is 5.48. The van der Waals surface area contributed by atoms with Gasteiger partial charge in [-0.3, -0.25) is 9.36 Å². The second kappa shape index (κ2) is 4.97. The average Bonchev–Trinajstić information content (AvgIpc) is 2.56. The SMILES string of the molecule is O=c1c2ccc3ccccc3c2ncn1C1CCOCC1. The van der Waals surface area contributed by atoms with Crippen LogP contribution in [0.3, 0.4) is 0 Å². The Morgan fingerprint density at radius 1 is 1.05 bits per heavy atom. The summed E-state index contributed by atoms with van der Waals surface area (Å²) in [4.78, 5) is 17.3. The quantitative estimate of drug-likeness (QED) is 0.644. The van der Waals surface area contributed by atoms with Gasteiger partial charge in [0.05, 0.1) is 17.2 Å². The molecule has 3 aromatic rings. The van der Waals surface area contributed by atoms with Crippen molar-refractivity contribution < 1.29 is 4.74 Å². The monoisotopic (exact) mass is 280 g/mol. The fourth-order valence-corrected chi connectivity index (χ4v) is 3.10. The van der Waals surface area contributed by atoms with Gasteiger partial charge < -0.3 is 4.74 Å². The number of hydrogen-bond donors (Lipinski definition) is 0. The van der Waals surface area contributed by atoms with Gasteiger partial charge in [0.1, 0.15) is 0 Å². The van der Waals surface area contributed by atoms with Gasteiger partial charge in [0.15, 0.2) is 0 Å². The first-order valence-electron chi connectivity index (χ1n) is 7.31. The largest absolute Gasteiger partial charge is 0.381 e. The van der Waals surface area contributed by atoms with E-state index in [1.54, 1.807) is 10.9 Å². The van der Waals surface area contributed by atoms with Crippen LogP contribution in [0.25, 0.3) is 21.7 Å². The molecule has 1 aliphatic heterocycles. The molecule has 0 spiro atoms. The van der Waals surface area contributed by atoms with Gasteiger partial charge in [0.2, 0.25) is 0 Å². The maximum absolute atomic E-state index is 12.8. The molecule has 4 heteroatoms. The summed E-state index contributed by atoms with van der Waals surface area (Å²) in [5.41, 5.74) is 0.846. The Bertz CT molecular complexity index is 863. The summed E-state index contributed by atoms with van der Waals surface area (Å²) in [5.74, 6) is 0. The Hall–Kier alpha value is -2.20. The fourth-order valence-electron chi connectivity index (χ4n) is 3.10. The number of rotatable bonds is 1. The molecule has 0 N–H and O–H groups in total. The fraction of sp³-hybridized carbons (Fsp3) is 0.294. The Morgan fingerprint density at radius 2 is 1.86 bits per heavy atom. The molecule has 0 amide bonds. The number of benzene rings is 2. The molecule has 0 bridgehead atoms. The molecule has 4 nitrogen and oxygen atoms in total. The molecule has 2 aromatic carbocycles. The van der Waals surface area contributed by atoms with Gasteiger partial charge in [0.25, 0.3) is 5.56 Å². The minimum absolute atomic E-state index is 0.0534. The smallest absolute Gasteiger partial charge is 0.261 e. The minimum atomic E-state index is 0.0534. The van der Waals surface area contributed by atoms with Crippen LogP contribution in [0.4, 0.5) is 0 Å². The molecule has 4 rings (SSSR count). The van der Waals surface area contributed by atoms with Crippen LogP contribution in [-0.4, -0.2) is 22.8 Å². The minimum Gasteiger partial charge on any atom is -0.381 e. The van der Waals surface area contributed by atoms with E-state index in [1.165, 1.54) is 0 Å². The molecular formula is C17H16N2O2. The highest BCUT2D eigenvalue weighted by Crippen LogP contribution is 2.23. The van der Waals surface area contributed by atoms with Crippen LogP contribution in [0.15, 0.2) is 47.5 Å². The number of fused-ring (bicyclic) bond motifs is 3. The third-order valence-electron chi connectivity index (χ3n) is 4.26. The first-order chi connectivity index (χ1) is 10.3. The van der Waals surface area contributed by atoms with Crippen molar-refractivity contribution in [3.05, 3.63) is 53.1 Å². The van der Waals surface area contributed by atoms with Crippen LogP contribution in [-0.2, 0) is 4.74 Å². The van der Waals surface area contributed by atoms with Gasteiger partial charge in [-0.05, 0) is 24.3 Å². The highest BCUT2D eigenvalue weighted by Gasteiger charge is 2.18. The van der Waals surface area contributed by atoms with Crippen molar-refractivity contribution >= 4 is 21.7 Å². The van der Waals surface area contributed by atoms with Crippen LogP contribution in [0.1, 0.15) is 18.9 Å². The zero-order valence-corrected chi connectivity index (χ0v) is 11.7. The highest BCUT2D eigenvalue weighted by atomic mass is 16.5. The molecule has 0 radical (unpaired) electrons. The molecule has 0 atom stereocenters. The van der Waals surface area contributed by atoms with Gasteiger partial charge in [0, 0.05) is 24.6 Å². The molecular weight excluding hydrogens is 264 g/mol. The Labute approximate surface area is 122 Å². The van der Waals surface area contributed by atoms with Gasteiger partial charge in [-0.2, -0.15) is 0 Å². The molecule has 2 heterocycles. The molecule has 0 aliphatic carbocycles. The van der Waals surface area contributed by atoms with E-state index >= 15 is 0 Å². The van der Waals surface area contributed by atoms with E-state index in [1.807, 2.05) is 36.4 Å². The second-order valence-electron chi connectivity index (χ2n) is 5.48. The predicted octanol–water partition coefficient (Wildman–Crippen LogP) is 2.90. The normalized spacial score (nSPS) is 16.6. The molecule has 0 unspecified atom stereocenters. The molecule has 1 aliphatic rings. The van der Waals surface area contributed by atoms with E-state index < -0.39 is 0 Å². The number of ether oxygens (including phenoxy) is 1. The van der Waals surface area contributed by atoms with Gasteiger partial charge in [-0.25, -0.2) is 4.98 Å². The van der Waals surface area contributed by atoms with Crippen molar-refractivity contribution in [1.29, 1.82) is 0 Å². The molecule has 106 valence electrons. The average molecular weight is 280 g/mol. The lowest BCUT2D eigenvalue weighted by Crippen LogP contribution is -2.29. The van der Waals surface area contributed by atoms with Crippen molar-refractivity contribution in [2.75, 3.05) is 13.2 Å². The summed E-state index contributed by atoms with van der Waals surface area (Å²) in [5, 5.41) is 2.84. The summed E-state index contributed by atoms with van der Waals surface area (Å²) >= 11 is 0. The van der Waals surface area contributed by atoms with Gasteiger partial charge >= 0.3 is 0 Å². The zero-order valence-electron chi connectivity index (χ0n) is 11.7. The van der Waals surface area contributed by atoms with E-state index in [9.17, 15) is 4.79 Å². The highest BCUT2D eigenvalue weighted by molar-refractivity contribution is 6.04. The molecule has 1 fully saturated rings. The first kappa shape index (κ1) is 12.5. The van der Waals surface area contributed by atoms with Gasteiger partial charge in [-0.1, -0.05) is 30.3 Å². The van der Waals surface area contributed by atoms with E-state index in [2.05, 4.69) is 4.98 Å². The third kappa shape index (κ3) is 2.03. The Morgan fingerprint density at radius 3 is 2.71 bits per heavy atom. The summed E-state index contributed by atoms with van der Waals surface area (Å²) in [6, 6.07) is 12.1. The summed E-state index contributed by atoms with van der Waals surface area (Å²) in [6.45, 7) is 1.43. The van der Waals surface area contributed by atoms with Crippen LogP contribution in [0, 0.1) is 0 Å². The van der Waals surface area contributed by atoms with Crippen LogP contribution < -0.4 is 5.56 Å². The van der Waals surface area contributed by atoms with E-state index in [4.69, 9.17) is 4.74 Å². The lowest BCUT2D eigenvalue weighted by Gasteiger charge is -2.24.